The van der Waals surface area contributed by atoms with Crippen molar-refractivity contribution in [3.05, 3.63) is 36.0 Å². The Morgan fingerprint density at radius 1 is 1.24 bits per heavy atom. The third kappa shape index (κ3) is 2.51. The highest BCUT2D eigenvalue weighted by Gasteiger charge is 2.12. The van der Waals surface area contributed by atoms with Crippen molar-refractivity contribution in [2.75, 3.05) is 6.61 Å². The van der Waals surface area contributed by atoms with Gasteiger partial charge in [0.1, 0.15) is 5.69 Å². The number of rotatable bonds is 5. The Morgan fingerprint density at radius 3 is 2.65 bits per heavy atom. The van der Waals surface area contributed by atoms with Crippen LogP contribution in [0.5, 0.6) is 0 Å². The first-order valence-electron chi connectivity index (χ1n) is 5.65. The summed E-state index contributed by atoms with van der Waals surface area (Å²) in [7, 11) is 0. The lowest BCUT2D eigenvalue weighted by atomic mass is 10.1. The van der Waals surface area contributed by atoms with Gasteiger partial charge in [0.2, 0.25) is 0 Å². The zero-order valence-electron chi connectivity index (χ0n) is 9.58. The third-order valence-electron chi connectivity index (χ3n) is 2.57. The zero-order valence-corrected chi connectivity index (χ0v) is 9.58. The summed E-state index contributed by atoms with van der Waals surface area (Å²) in [4.78, 5) is 0. The van der Waals surface area contributed by atoms with Crippen LogP contribution in [0.25, 0.3) is 11.3 Å². The molecular weight excluding hydrogens is 216 g/mol. The smallest absolute Gasteiger partial charge is 0.104 e. The average Bonchev–Trinajstić information content (AvgIpc) is 2.80. The quantitative estimate of drug-likeness (QED) is 0.799. The highest BCUT2D eigenvalue weighted by Crippen LogP contribution is 2.21. The van der Waals surface area contributed by atoms with E-state index in [1.54, 1.807) is 4.68 Å². The van der Waals surface area contributed by atoms with Gasteiger partial charge in [-0.05, 0) is 6.42 Å². The van der Waals surface area contributed by atoms with Crippen molar-refractivity contribution >= 4 is 0 Å². The lowest BCUT2D eigenvalue weighted by molar-refractivity contribution is 0.276. The second-order valence-corrected chi connectivity index (χ2v) is 3.76. The molecular formula is C12H16N4O. The van der Waals surface area contributed by atoms with E-state index in [1.165, 1.54) is 0 Å². The van der Waals surface area contributed by atoms with Crippen LogP contribution in [0.2, 0.25) is 0 Å². The van der Waals surface area contributed by atoms with Crippen LogP contribution in [0.15, 0.2) is 30.3 Å². The predicted octanol–water partition coefficient (Wildman–Crippen LogP) is 0.786. The van der Waals surface area contributed by atoms with Gasteiger partial charge < -0.3 is 10.8 Å². The van der Waals surface area contributed by atoms with Crippen LogP contribution >= 0.6 is 0 Å². The van der Waals surface area contributed by atoms with Gasteiger partial charge in [0.15, 0.2) is 0 Å². The van der Waals surface area contributed by atoms with E-state index in [2.05, 4.69) is 10.3 Å². The van der Waals surface area contributed by atoms with Crippen molar-refractivity contribution in [2.24, 2.45) is 5.73 Å². The molecule has 90 valence electrons. The molecule has 0 saturated heterocycles. The molecule has 1 aromatic carbocycles. The number of hydrogen-bond acceptors (Lipinski definition) is 4. The van der Waals surface area contributed by atoms with Crippen LogP contribution < -0.4 is 5.73 Å². The minimum absolute atomic E-state index is 0.145. The molecule has 0 saturated carbocycles. The maximum atomic E-state index is 8.87. The molecule has 2 aromatic rings. The van der Waals surface area contributed by atoms with E-state index in [0.717, 1.165) is 17.0 Å². The molecule has 0 spiro atoms. The summed E-state index contributed by atoms with van der Waals surface area (Å²) in [5, 5.41) is 17.0. The Labute approximate surface area is 99.9 Å². The molecule has 17 heavy (non-hydrogen) atoms. The predicted molar refractivity (Wildman–Crippen MR) is 65.1 cm³/mol. The molecule has 0 radical (unpaired) electrons. The fraction of sp³-hybridized carbons (Fsp3) is 0.333. The van der Waals surface area contributed by atoms with E-state index in [0.29, 0.717) is 19.5 Å². The normalized spacial score (nSPS) is 10.7. The number of aliphatic hydroxyl groups excluding tert-OH is 1. The van der Waals surface area contributed by atoms with Gasteiger partial charge in [-0.1, -0.05) is 35.5 Å². The lowest BCUT2D eigenvalue weighted by Crippen LogP contribution is -2.05. The summed E-state index contributed by atoms with van der Waals surface area (Å²) in [6, 6.07) is 9.92. The first kappa shape index (κ1) is 11.8. The number of nitrogens with zero attached hydrogens (tertiary/aromatic N) is 3. The molecule has 2 rings (SSSR count). The molecule has 0 aliphatic heterocycles. The summed E-state index contributed by atoms with van der Waals surface area (Å²) < 4.78 is 1.80. The molecule has 1 heterocycles. The van der Waals surface area contributed by atoms with Crippen molar-refractivity contribution in [1.82, 2.24) is 15.0 Å². The van der Waals surface area contributed by atoms with E-state index in [1.807, 2.05) is 30.3 Å². The van der Waals surface area contributed by atoms with Gasteiger partial charge >= 0.3 is 0 Å². The van der Waals surface area contributed by atoms with Gasteiger partial charge in [0.25, 0.3) is 0 Å². The van der Waals surface area contributed by atoms with Gasteiger partial charge in [0, 0.05) is 25.3 Å². The van der Waals surface area contributed by atoms with Crippen molar-refractivity contribution in [3.8, 4) is 11.3 Å². The summed E-state index contributed by atoms with van der Waals surface area (Å²) in [5.74, 6) is 0. The first-order chi connectivity index (χ1) is 8.36. The van der Waals surface area contributed by atoms with E-state index in [4.69, 9.17) is 10.8 Å². The number of nitrogens with two attached hydrogens (primary N) is 1. The van der Waals surface area contributed by atoms with E-state index in [9.17, 15) is 0 Å². The van der Waals surface area contributed by atoms with Crippen LogP contribution in [0, 0.1) is 0 Å². The van der Waals surface area contributed by atoms with E-state index < -0.39 is 0 Å². The van der Waals surface area contributed by atoms with E-state index in [-0.39, 0.29) is 6.61 Å². The number of aryl methyl sites for hydroxylation is 1. The van der Waals surface area contributed by atoms with Crippen LogP contribution in [-0.2, 0) is 13.1 Å². The van der Waals surface area contributed by atoms with Crippen LogP contribution in [0.3, 0.4) is 0 Å². The number of aromatic nitrogens is 3. The average molecular weight is 232 g/mol. The number of benzene rings is 1. The standard InChI is InChI=1S/C12H16N4O/c13-9-11-12(10-5-2-1-3-6-10)16(15-14-11)7-4-8-17/h1-3,5-6,17H,4,7-9,13H2. The molecule has 3 N–H and O–H groups in total. The Kier molecular flexibility index (Phi) is 3.85. The SMILES string of the molecule is NCc1nnn(CCCO)c1-c1ccccc1. The monoisotopic (exact) mass is 232 g/mol. The van der Waals surface area contributed by atoms with Crippen molar-refractivity contribution in [2.45, 2.75) is 19.5 Å². The van der Waals surface area contributed by atoms with Gasteiger partial charge in [-0.2, -0.15) is 0 Å². The van der Waals surface area contributed by atoms with Gasteiger partial charge in [0.05, 0.1) is 5.69 Å². The number of hydrogen-bond donors (Lipinski definition) is 2. The molecule has 0 aliphatic carbocycles. The molecule has 5 nitrogen and oxygen atoms in total. The zero-order chi connectivity index (χ0) is 12.1. The van der Waals surface area contributed by atoms with E-state index >= 15 is 0 Å². The highest BCUT2D eigenvalue weighted by atomic mass is 16.3. The highest BCUT2D eigenvalue weighted by molar-refractivity contribution is 5.61. The minimum atomic E-state index is 0.145. The second-order valence-electron chi connectivity index (χ2n) is 3.76. The minimum Gasteiger partial charge on any atom is -0.396 e. The molecule has 0 atom stereocenters. The van der Waals surface area contributed by atoms with Crippen LogP contribution in [0.4, 0.5) is 0 Å². The van der Waals surface area contributed by atoms with Crippen LogP contribution in [0.1, 0.15) is 12.1 Å². The second kappa shape index (κ2) is 5.56. The molecule has 1 aromatic heterocycles. The topological polar surface area (TPSA) is 77.0 Å². The maximum absolute atomic E-state index is 8.87. The molecule has 0 unspecified atom stereocenters. The third-order valence-corrected chi connectivity index (χ3v) is 2.57. The van der Waals surface area contributed by atoms with Gasteiger partial charge in [-0.3, -0.25) is 0 Å². The molecule has 0 amide bonds. The van der Waals surface area contributed by atoms with Crippen molar-refractivity contribution < 1.29 is 5.11 Å². The lowest BCUT2D eigenvalue weighted by Gasteiger charge is -2.06. The Bertz CT molecular complexity index is 467. The van der Waals surface area contributed by atoms with Crippen molar-refractivity contribution in [3.63, 3.8) is 0 Å². The Hall–Kier alpha value is -1.72. The number of aliphatic hydroxyl groups is 1. The van der Waals surface area contributed by atoms with Gasteiger partial charge in [-0.25, -0.2) is 4.68 Å². The molecule has 5 heteroatoms. The van der Waals surface area contributed by atoms with Crippen molar-refractivity contribution in [1.29, 1.82) is 0 Å². The largest absolute Gasteiger partial charge is 0.396 e. The fourth-order valence-electron chi connectivity index (χ4n) is 1.78. The van der Waals surface area contributed by atoms with Crippen LogP contribution in [-0.4, -0.2) is 26.7 Å². The molecule has 0 fully saturated rings. The first-order valence-corrected chi connectivity index (χ1v) is 5.65. The summed E-state index contributed by atoms with van der Waals surface area (Å²) in [6.45, 7) is 1.16. The summed E-state index contributed by atoms with van der Waals surface area (Å²) in [6.07, 6.45) is 0.660. The Balaban J connectivity index is 2.39. The Morgan fingerprint density at radius 2 is 2.00 bits per heavy atom. The molecule has 0 aliphatic rings. The molecule has 0 bridgehead atoms. The maximum Gasteiger partial charge on any atom is 0.104 e. The summed E-state index contributed by atoms with van der Waals surface area (Å²) >= 11 is 0. The summed E-state index contributed by atoms with van der Waals surface area (Å²) in [5.41, 5.74) is 8.45. The fourth-order valence-corrected chi connectivity index (χ4v) is 1.78. The van der Waals surface area contributed by atoms with Gasteiger partial charge in [-0.15, -0.1) is 5.10 Å².